The van der Waals surface area contributed by atoms with E-state index in [0.29, 0.717) is 18.1 Å². The van der Waals surface area contributed by atoms with Crippen molar-refractivity contribution in [1.82, 2.24) is 4.98 Å². The van der Waals surface area contributed by atoms with Crippen LogP contribution in [0.5, 0.6) is 0 Å². The maximum absolute atomic E-state index is 12.0. The predicted molar refractivity (Wildman–Crippen MR) is 62.0 cm³/mol. The van der Waals surface area contributed by atoms with E-state index in [1.54, 1.807) is 16.8 Å². The topological polar surface area (TPSA) is 30.0 Å². The Hall–Kier alpha value is -0.700. The van der Waals surface area contributed by atoms with E-state index in [2.05, 4.69) is 4.98 Å². The molecule has 1 aromatic heterocycles. The zero-order valence-electron chi connectivity index (χ0n) is 8.95. The molecule has 15 heavy (non-hydrogen) atoms. The number of rotatable bonds is 3. The number of hydrogen-bond acceptors (Lipinski definition) is 3. The summed E-state index contributed by atoms with van der Waals surface area (Å²) in [6.07, 6.45) is 9.73. The molecule has 82 valence electrons. The second-order valence-electron chi connectivity index (χ2n) is 4.30. The third kappa shape index (κ3) is 3.13. The number of carbonyl (C=O) groups is 1. The quantitative estimate of drug-likeness (QED) is 0.736. The van der Waals surface area contributed by atoms with Gasteiger partial charge in [0, 0.05) is 23.4 Å². The summed E-state index contributed by atoms with van der Waals surface area (Å²) in [5, 5.41) is 0. The zero-order valence-corrected chi connectivity index (χ0v) is 9.76. The van der Waals surface area contributed by atoms with Crippen LogP contribution in [0.4, 0.5) is 0 Å². The van der Waals surface area contributed by atoms with E-state index in [-0.39, 0.29) is 0 Å². The highest BCUT2D eigenvalue weighted by Crippen LogP contribution is 2.25. The molecule has 0 unspecified atom stereocenters. The number of Topliss-reactive ketones (excluding diaryl/α,β-unsaturated/α-hetero) is 1. The Balaban J connectivity index is 1.89. The van der Waals surface area contributed by atoms with Crippen LogP contribution in [0.3, 0.4) is 0 Å². The summed E-state index contributed by atoms with van der Waals surface area (Å²) in [5.74, 6) is 0.760. The van der Waals surface area contributed by atoms with Crippen LogP contribution in [-0.2, 0) is 11.2 Å². The highest BCUT2D eigenvalue weighted by Gasteiger charge is 2.20. The predicted octanol–water partition coefficient (Wildman–Crippen LogP) is 3.23. The van der Waals surface area contributed by atoms with Gasteiger partial charge in [0.15, 0.2) is 0 Å². The summed E-state index contributed by atoms with van der Waals surface area (Å²) in [6.45, 7) is 0. The highest BCUT2D eigenvalue weighted by atomic mass is 32.1. The lowest BCUT2D eigenvalue weighted by Gasteiger charge is -2.11. The molecule has 1 heterocycles. The van der Waals surface area contributed by atoms with E-state index in [1.807, 2.05) is 6.20 Å². The van der Waals surface area contributed by atoms with E-state index in [0.717, 1.165) is 17.7 Å². The van der Waals surface area contributed by atoms with Gasteiger partial charge in [-0.15, -0.1) is 11.3 Å². The summed E-state index contributed by atoms with van der Waals surface area (Å²) in [4.78, 5) is 17.1. The van der Waals surface area contributed by atoms with E-state index < -0.39 is 0 Å². The molecule has 0 aromatic carbocycles. The number of aromatic nitrogens is 1. The maximum Gasteiger partial charge on any atom is 0.141 e. The molecule has 0 aliphatic heterocycles. The van der Waals surface area contributed by atoms with Crippen LogP contribution in [0.2, 0.25) is 0 Å². The molecular weight excluding hydrogens is 206 g/mol. The third-order valence-electron chi connectivity index (χ3n) is 3.14. The molecule has 0 radical (unpaired) electrons. The van der Waals surface area contributed by atoms with Gasteiger partial charge in [-0.1, -0.05) is 25.7 Å². The largest absolute Gasteiger partial charge is 0.299 e. The van der Waals surface area contributed by atoms with E-state index >= 15 is 0 Å². The first-order valence-electron chi connectivity index (χ1n) is 5.76. The lowest BCUT2D eigenvalue weighted by molar-refractivity contribution is -0.122. The average Bonchev–Trinajstić information content (AvgIpc) is 2.58. The van der Waals surface area contributed by atoms with Crippen molar-refractivity contribution in [2.75, 3.05) is 0 Å². The zero-order chi connectivity index (χ0) is 10.5. The van der Waals surface area contributed by atoms with Gasteiger partial charge in [0.05, 0.1) is 5.51 Å². The molecule has 0 spiro atoms. The van der Waals surface area contributed by atoms with Crippen LogP contribution >= 0.6 is 11.3 Å². The Morgan fingerprint density at radius 1 is 1.33 bits per heavy atom. The molecule has 0 amide bonds. The Kier molecular flexibility index (Phi) is 3.89. The van der Waals surface area contributed by atoms with Crippen molar-refractivity contribution < 1.29 is 4.79 Å². The van der Waals surface area contributed by atoms with Crippen LogP contribution in [0, 0.1) is 5.92 Å². The number of thiazole rings is 1. The van der Waals surface area contributed by atoms with Gasteiger partial charge in [0.25, 0.3) is 0 Å². The van der Waals surface area contributed by atoms with Crippen molar-refractivity contribution in [3.8, 4) is 0 Å². The van der Waals surface area contributed by atoms with Crippen LogP contribution in [0.1, 0.15) is 43.4 Å². The van der Waals surface area contributed by atoms with Crippen molar-refractivity contribution in [3.05, 3.63) is 16.6 Å². The standard InChI is InChI=1S/C12H17NOS/c14-12(7-11-8-13-9-15-11)10-5-3-1-2-4-6-10/h8-10H,1-7H2. The fraction of sp³-hybridized carbons (Fsp3) is 0.667. The first-order valence-corrected chi connectivity index (χ1v) is 6.64. The molecular formula is C12H17NOS. The molecule has 0 bridgehead atoms. The van der Waals surface area contributed by atoms with Crippen molar-refractivity contribution in [3.63, 3.8) is 0 Å². The molecule has 1 saturated carbocycles. The minimum atomic E-state index is 0.328. The molecule has 1 fully saturated rings. The Morgan fingerprint density at radius 3 is 2.67 bits per heavy atom. The van der Waals surface area contributed by atoms with Gasteiger partial charge < -0.3 is 0 Å². The summed E-state index contributed by atoms with van der Waals surface area (Å²) in [6, 6.07) is 0. The fourth-order valence-corrected chi connectivity index (χ4v) is 2.85. The van der Waals surface area contributed by atoms with Gasteiger partial charge in [-0.2, -0.15) is 0 Å². The van der Waals surface area contributed by atoms with Gasteiger partial charge in [0.2, 0.25) is 0 Å². The van der Waals surface area contributed by atoms with Crippen molar-refractivity contribution >= 4 is 17.1 Å². The maximum atomic E-state index is 12.0. The molecule has 0 atom stereocenters. The number of hydrogen-bond donors (Lipinski definition) is 0. The number of carbonyl (C=O) groups excluding carboxylic acids is 1. The third-order valence-corrected chi connectivity index (χ3v) is 3.92. The van der Waals surface area contributed by atoms with Crippen LogP contribution in [0.15, 0.2) is 11.7 Å². The number of nitrogens with zero attached hydrogens (tertiary/aromatic N) is 1. The fourth-order valence-electron chi connectivity index (χ4n) is 2.25. The average molecular weight is 223 g/mol. The van der Waals surface area contributed by atoms with Crippen LogP contribution in [-0.4, -0.2) is 10.8 Å². The first kappa shape index (κ1) is 10.8. The molecule has 2 rings (SSSR count). The molecule has 0 N–H and O–H groups in total. The van der Waals surface area contributed by atoms with Gasteiger partial charge in [-0.3, -0.25) is 9.78 Å². The first-order chi connectivity index (χ1) is 7.36. The highest BCUT2D eigenvalue weighted by molar-refractivity contribution is 7.09. The Morgan fingerprint density at radius 2 is 2.07 bits per heavy atom. The van der Waals surface area contributed by atoms with Gasteiger partial charge in [-0.05, 0) is 12.8 Å². The number of ketones is 1. The van der Waals surface area contributed by atoms with Crippen molar-refractivity contribution in [1.29, 1.82) is 0 Å². The van der Waals surface area contributed by atoms with Gasteiger partial charge in [0.1, 0.15) is 5.78 Å². The normalized spacial score (nSPS) is 18.7. The Bertz CT molecular complexity index is 299. The monoisotopic (exact) mass is 223 g/mol. The molecule has 3 heteroatoms. The van der Waals surface area contributed by atoms with E-state index in [9.17, 15) is 4.79 Å². The molecule has 0 saturated heterocycles. The summed E-state index contributed by atoms with van der Waals surface area (Å²) in [5.41, 5.74) is 1.80. The second kappa shape index (κ2) is 5.40. The summed E-state index contributed by atoms with van der Waals surface area (Å²) < 4.78 is 0. The van der Waals surface area contributed by atoms with Gasteiger partial charge >= 0.3 is 0 Å². The lowest BCUT2D eigenvalue weighted by Crippen LogP contribution is -2.15. The smallest absolute Gasteiger partial charge is 0.141 e. The van der Waals surface area contributed by atoms with Gasteiger partial charge in [-0.25, -0.2) is 0 Å². The lowest BCUT2D eigenvalue weighted by atomic mass is 9.93. The summed E-state index contributed by atoms with van der Waals surface area (Å²) >= 11 is 1.59. The minimum absolute atomic E-state index is 0.328. The Labute approximate surface area is 94.7 Å². The SMILES string of the molecule is O=C(Cc1cncs1)C1CCCCCC1. The molecule has 2 nitrogen and oxygen atoms in total. The minimum Gasteiger partial charge on any atom is -0.299 e. The van der Waals surface area contributed by atoms with Crippen molar-refractivity contribution in [2.24, 2.45) is 5.92 Å². The van der Waals surface area contributed by atoms with Crippen LogP contribution < -0.4 is 0 Å². The van der Waals surface area contributed by atoms with Crippen LogP contribution in [0.25, 0.3) is 0 Å². The van der Waals surface area contributed by atoms with E-state index in [1.165, 1.54) is 25.7 Å². The molecule has 1 aromatic rings. The molecule has 1 aliphatic rings. The molecule has 1 aliphatic carbocycles. The van der Waals surface area contributed by atoms with E-state index in [4.69, 9.17) is 0 Å². The summed E-state index contributed by atoms with van der Waals surface area (Å²) in [7, 11) is 0. The van der Waals surface area contributed by atoms with Crippen molar-refractivity contribution in [2.45, 2.75) is 44.9 Å². The second-order valence-corrected chi connectivity index (χ2v) is 5.27.